The van der Waals surface area contributed by atoms with Gasteiger partial charge < -0.3 is 15.8 Å². The highest BCUT2D eigenvalue weighted by Crippen LogP contribution is 2.30. The maximum Gasteiger partial charge on any atom is 0.255 e. The van der Waals surface area contributed by atoms with Gasteiger partial charge in [0.25, 0.3) is 5.91 Å². The smallest absolute Gasteiger partial charge is 0.255 e. The van der Waals surface area contributed by atoms with Crippen molar-refractivity contribution in [1.29, 1.82) is 0 Å². The molecule has 0 fully saturated rings. The molecule has 0 aliphatic carbocycles. The van der Waals surface area contributed by atoms with Crippen molar-refractivity contribution in [3.63, 3.8) is 0 Å². The molecule has 2 heterocycles. The van der Waals surface area contributed by atoms with E-state index in [9.17, 15) is 4.79 Å². The molecule has 0 radical (unpaired) electrons. The summed E-state index contributed by atoms with van der Waals surface area (Å²) in [6.07, 6.45) is 1.55. The molecular weight excluding hydrogens is 346 g/mol. The zero-order valence-electron chi connectivity index (χ0n) is 12.5. The van der Waals surface area contributed by atoms with Crippen LogP contribution in [0.3, 0.4) is 0 Å². The number of ether oxygens (including phenoxy) is 1. The van der Waals surface area contributed by atoms with E-state index in [0.29, 0.717) is 22.9 Å². The first-order valence-electron chi connectivity index (χ1n) is 7.12. The van der Waals surface area contributed by atoms with Crippen LogP contribution in [-0.4, -0.2) is 10.9 Å². The Morgan fingerprint density at radius 2 is 2.00 bits per heavy atom. The van der Waals surface area contributed by atoms with Crippen molar-refractivity contribution in [2.24, 2.45) is 0 Å². The molecule has 3 N–H and O–H groups in total. The Bertz CT molecular complexity index is 849. The molecule has 0 atom stereocenters. The zero-order valence-corrected chi connectivity index (χ0v) is 14.1. The number of nitrogens with zero attached hydrogens (tertiary/aromatic N) is 1. The third-order valence-corrected chi connectivity index (χ3v) is 4.39. The second kappa shape index (κ2) is 7.33. The normalized spacial score (nSPS) is 10.4. The SMILES string of the molecule is Nc1ncccc1C(=O)NCc1ccc(Oc2ccc(Cl)cc2)s1. The number of nitrogens with two attached hydrogens (primary N) is 1. The first kappa shape index (κ1) is 16.3. The topological polar surface area (TPSA) is 77.2 Å². The molecule has 2 aromatic heterocycles. The number of anilines is 1. The van der Waals surface area contributed by atoms with Gasteiger partial charge in [0, 0.05) is 16.1 Å². The number of thiophene rings is 1. The van der Waals surface area contributed by atoms with E-state index in [4.69, 9.17) is 22.1 Å². The summed E-state index contributed by atoms with van der Waals surface area (Å²) in [5, 5.41) is 4.22. The Morgan fingerprint density at radius 1 is 1.21 bits per heavy atom. The van der Waals surface area contributed by atoms with Gasteiger partial charge in [-0.05, 0) is 48.5 Å². The number of carbonyl (C=O) groups is 1. The van der Waals surface area contributed by atoms with Gasteiger partial charge in [-0.3, -0.25) is 4.79 Å². The molecule has 1 amide bonds. The Labute approximate surface area is 148 Å². The van der Waals surface area contributed by atoms with E-state index in [0.717, 1.165) is 9.94 Å². The minimum atomic E-state index is -0.255. The average Bonchev–Trinajstić information content (AvgIpc) is 3.03. The van der Waals surface area contributed by atoms with E-state index in [2.05, 4.69) is 10.3 Å². The predicted octanol–water partition coefficient (Wildman–Crippen LogP) is 4.10. The summed E-state index contributed by atoms with van der Waals surface area (Å²) in [4.78, 5) is 17.0. The summed E-state index contributed by atoms with van der Waals surface area (Å²) in [5.41, 5.74) is 6.06. The quantitative estimate of drug-likeness (QED) is 0.719. The van der Waals surface area contributed by atoms with Crippen molar-refractivity contribution >= 4 is 34.7 Å². The second-order valence-electron chi connectivity index (χ2n) is 4.90. The van der Waals surface area contributed by atoms with E-state index >= 15 is 0 Å². The zero-order chi connectivity index (χ0) is 16.9. The van der Waals surface area contributed by atoms with Crippen LogP contribution in [0.25, 0.3) is 0 Å². The lowest BCUT2D eigenvalue weighted by molar-refractivity contribution is 0.0952. The summed E-state index contributed by atoms with van der Waals surface area (Å²) < 4.78 is 5.74. The molecule has 1 aromatic carbocycles. The molecule has 0 unspecified atom stereocenters. The third kappa shape index (κ3) is 4.04. The monoisotopic (exact) mass is 359 g/mol. The van der Waals surface area contributed by atoms with Crippen LogP contribution in [0.5, 0.6) is 10.8 Å². The number of hydrogen-bond donors (Lipinski definition) is 2. The molecule has 0 spiro atoms. The van der Waals surface area contributed by atoms with Crippen molar-refractivity contribution in [2.75, 3.05) is 5.73 Å². The summed E-state index contributed by atoms with van der Waals surface area (Å²) in [5.74, 6) is 0.669. The van der Waals surface area contributed by atoms with Crippen LogP contribution in [-0.2, 0) is 6.54 Å². The first-order valence-corrected chi connectivity index (χ1v) is 8.32. The van der Waals surface area contributed by atoms with Gasteiger partial charge in [0.1, 0.15) is 11.6 Å². The van der Waals surface area contributed by atoms with Gasteiger partial charge in [0.05, 0.1) is 12.1 Å². The largest absolute Gasteiger partial charge is 0.447 e. The van der Waals surface area contributed by atoms with Gasteiger partial charge in [-0.2, -0.15) is 0 Å². The molecule has 3 aromatic rings. The average molecular weight is 360 g/mol. The fraction of sp³-hybridized carbons (Fsp3) is 0.0588. The van der Waals surface area contributed by atoms with Gasteiger partial charge in [-0.1, -0.05) is 11.6 Å². The molecule has 0 aliphatic heterocycles. The number of carbonyl (C=O) groups excluding carboxylic acids is 1. The number of halogens is 1. The maximum atomic E-state index is 12.1. The van der Waals surface area contributed by atoms with Crippen LogP contribution in [0.4, 0.5) is 5.82 Å². The van der Waals surface area contributed by atoms with Crippen molar-refractivity contribution in [3.05, 3.63) is 70.2 Å². The highest BCUT2D eigenvalue weighted by atomic mass is 35.5. The van der Waals surface area contributed by atoms with Gasteiger partial charge in [-0.25, -0.2) is 4.98 Å². The number of rotatable bonds is 5. The minimum Gasteiger partial charge on any atom is -0.447 e. The van der Waals surface area contributed by atoms with Gasteiger partial charge in [0.2, 0.25) is 0 Å². The van der Waals surface area contributed by atoms with Crippen molar-refractivity contribution in [3.8, 4) is 10.8 Å². The first-order chi connectivity index (χ1) is 11.6. The number of benzene rings is 1. The molecule has 0 aliphatic rings. The molecule has 24 heavy (non-hydrogen) atoms. The van der Waals surface area contributed by atoms with Gasteiger partial charge >= 0.3 is 0 Å². The molecule has 0 bridgehead atoms. The number of amides is 1. The molecular formula is C17H14ClN3O2S. The summed E-state index contributed by atoms with van der Waals surface area (Å²) in [6, 6.07) is 14.2. The van der Waals surface area contributed by atoms with Crippen molar-refractivity contribution in [2.45, 2.75) is 6.54 Å². The lowest BCUT2D eigenvalue weighted by Crippen LogP contribution is -2.23. The molecule has 0 saturated carbocycles. The van der Waals surface area contributed by atoms with Crippen molar-refractivity contribution in [1.82, 2.24) is 10.3 Å². The lowest BCUT2D eigenvalue weighted by Gasteiger charge is -2.05. The highest BCUT2D eigenvalue weighted by molar-refractivity contribution is 7.13. The Hall–Kier alpha value is -2.57. The van der Waals surface area contributed by atoms with Crippen LogP contribution < -0.4 is 15.8 Å². The Morgan fingerprint density at radius 3 is 2.75 bits per heavy atom. The standard InChI is InChI=1S/C17H14ClN3O2S/c18-11-3-5-12(6-4-11)23-15-8-7-13(24-15)10-21-17(22)14-2-1-9-20-16(14)19/h1-9H,10H2,(H2,19,20)(H,21,22). The molecule has 122 valence electrons. The highest BCUT2D eigenvalue weighted by Gasteiger charge is 2.10. The fourth-order valence-corrected chi connectivity index (χ4v) is 2.94. The van der Waals surface area contributed by atoms with Crippen molar-refractivity contribution < 1.29 is 9.53 Å². The van der Waals surface area contributed by atoms with Gasteiger partial charge in [-0.15, -0.1) is 11.3 Å². The molecule has 5 nitrogen and oxygen atoms in total. The van der Waals surface area contributed by atoms with E-state index in [1.54, 1.807) is 42.6 Å². The van der Waals surface area contributed by atoms with Crippen LogP contribution in [0.1, 0.15) is 15.2 Å². The molecule has 7 heteroatoms. The van der Waals surface area contributed by atoms with Gasteiger partial charge in [0.15, 0.2) is 5.06 Å². The summed E-state index contributed by atoms with van der Waals surface area (Å²) in [6.45, 7) is 0.391. The van der Waals surface area contributed by atoms with E-state index in [1.165, 1.54) is 11.3 Å². The van der Waals surface area contributed by atoms with Crippen LogP contribution in [0.2, 0.25) is 5.02 Å². The number of aromatic nitrogens is 1. The molecule has 3 rings (SSSR count). The summed E-state index contributed by atoms with van der Waals surface area (Å²) >= 11 is 7.30. The minimum absolute atomic E-state index is 0.216. The number of pyridine rings is 1. The van der Waals surface area contributed by atoms with E-state index in [-0.39, 0.29) is 11.7 Å². The van der Waals surface area contributed by atoms with Crippen LogP contribution >= 0.6 is 22.9 Å². The van der Waals surface area contributed by atoms with Crippen LogP contribution in [0.15, 0.2) is 54.7 Å². The van der Waals surface area contributed by atoms with E-state index < -0.39 is 0 Å². The van der Waals surface area contributed by atoms with Crippen LogP contribution in [0, 0.1) is 0 Å². The summed E-state index contributed by atoms with van der Waals surface area (Å²) in [7, 11) is 0. The number of nitrogens with one attached hydrogen (secondary N) is 1. The molecule has 0 saturated heterocycles. The van der Waals surface area contributed by atoms with E-state index in [1.807, 2.05) is 12.1 Å². The fourth-order valence-electron chi connectivity index (χ4n) is 2.00. The number of nitrogen functional groups attached to an aromatic ring is 1. The third-order valence-electron chi connectivity index (χ3n) is 3.18. The Balaban J connectivity index is 1.59. The Kier molecular flexibility index (Phi) is 4.98. The second-order valence-corrected chi connectivity index (χ2v) is 6.46. The lowest BCUT2D eigenvalue weighted by atomic mass is 10.2. The number of hydrogen-bond acceptors (Lipinski definition) is 5. The predicted molar refractivity (Wildman–Crippen MR) is 95.7 cm³/mol. The maximum absolute atomic E-state index is 12.1.